The predicted octanol–water partition coefficient (Wildman–Crippen LogP) is 4.78. The van der Waals surface area contributed by atoms with Gasteiger partial charge in [-0.25, -0.2) is 8.51 Å². The van der Waals surface area contributed by atoms with Crippen molar-refractivity contribution in [3.8, 4) is 0 Å². The van der Waals surface area contributed by atoms with Crippen LogP contribution < -0.4 is 10.2 Å². The second-order valence-corrected chi connectivity index (χ2v) is 12.2. The Balaban J connectivity index is 1.37. The highest BCUT2D eigenvalue weighted by Crippen LogP contribution is 2.54. The Morgan fingerprint density at radius 2 is 1.77 bits per heavy atom. The van der Waals surface area contributed by atoms with Crippen molar-refractivity contribution in [1.82, 2.24) is 4.31 Å². The van der Waals surface area contributed by atoms with Crippen molar-refractivity contribution in [3.63, 3.8) is 0 Å². The number of piperidine rings is 1. The van der Waals surface area contributed by atoms with E-state index in [0.717, 1.165) is 42.8 Å². The number of anilines is 2. The zero-order valence-electron chi connectivity index (χ0n) is 17.6. The van der Waals surface area contributed by atoms with Gasteiger partial charge in [-0.05, 0) is 79.8 Å². The van der Waals surface area contributed by atoms with Gasteiger partial charge in [0.15, 0.2) is 0 Å². The SMILES string of the molecule is C=S(=O)(c1cccc(NC(=O)c2ccc(Br)cc2N2CCC3(CC2)CC3)c1)N1CCC1. The Hall–Kier alpha value is -1.83. The summed E-state index contributed by atoms with van der Waals surface area (Å²) in [6.45, 7) is 3.59. The Morgan fingerprint density at radius 3 is 2.42 bits per heavy atom. The van der Waals surface area contributed by atoms with Gasteiger partial charge in [-0.3, -0.25) is 4.79 Å². The van der Waals surface area contributed by atoms with Crippen LogP contribution in [0.4, 0.5) is 11.4 Å². The molecule has 0 aromatic heterocycles. The van der Waals surface area contributed by atoms with Gasteiger partial charge in [0.2, 0.25) is 0 Å². The van der Waals surface area contributed by atoms with Gasteiger partial charge in [-0.2, -0.15) is 0 Å². The van der Waals surface area contributed by atoms with Crippen LogP contribution in [-0.4, -0.2) is 46.5 Å². The summed E-state index contributed by atoms with van der Waals surface area (Å²) in [7, 11) is -2.49. The molecule has 2 heterocycles. The van der Waals surface area contributed by atoms with Crippen molar-refractivity contribution in [3.05, 3.63) is 52.5 Å². The quantitative estimate of drug-likeness (QED) is 0.599. The van der Waals surface area contributed by atoms with E-state index in [1.54, 1.807) is 6.07 Å². The van der Waals surface area contributed by atoms with Crippen molar-refractivity contribution in [2.75, 3.05) is 36.4 Å². The number of rotatable bonds is 5. The van der Waals surface area contributed by atoms with E-state index in [1.807, 2.05) is 40.7 Å². The highest BCUT2D eigenvalue weighted by atomic mass is 79.9. The minimum atomic E-state index is -2.49. The minimum absolute atomic E-state index is 0.147. The summed E-state index contributed by atoms with van der Waals surface area (Å²) in [6.07, 6.45) is 6.17. The molecule has 1 spiro atoms. The normalized spacial score (nSPS) is 21.9. The van der Waals surface area contributed by atoms with Gasteiger partial charge < -0.3 is 10.2 Å². The Kier molecular flexibility index (Phi) is 5.39. The van der Waals surface area contributed by atoms with E-state index >= 15 is 0 Å². The first-order valence-corrected chi connectivity index (χ1v) is 13.4. The molecule has 1 aliphatic carbocycles. The fraction of sp³-hybridized carbons (Fsp3) is 0.417. The maximum absolute atomic E-state index is 13.2. The highest BCUT2D eigenvalue weighted by molar-refractivity contribution is 9.10. The smallest absolute Gasteiger partial charge is 0.257 e. The molecule has 1 saturated carbocycles. The van der Waals surface area contributed by atoms with E-state index in [4.69, 9.17) is 0 Å². The van der Waals surface area contributed by atoms with E-state index in [2.05, 4.69) is 32.0 Å². The van der Waals surface area contributed by atoms with Gasteiger partial charge in [-0.15, -0.1) is 0 Å². The van der Waals surface area contributed by atoms with Crippen molar-refractivity contribution < 1.29 is 9.00 Å². The number of amides is 1. The average molecular weight is 502 g/mol. The van der Waals surface area contributed by atoms with Crippen LogP contribution in [0, 0.1) is 5.41 Å². The van der Waals surface area contributed by atoms with E-state index in [9.17, 15) is 9.00 Å². The molecule has 1 unspecified atom stereocenters. The molecular formula is C24H28BrN3O2S. The number of nitrogens with zero attached hydrogens (tertiary/aromatic N) is 2. The van der Waals surface area contributed by atoms with Crippen LogP contribution in [0.25, 0.3) is 0 Å². The summed E-state index contributed by atoms with van der Waals surface area (Å²) in [5, 5.41) is 3.02. The molecule has 5 nitrogen and oxygen atoms in total. The van der Waals surface area contributed by atoms with Gasteiger partial charge >= 0.3 is 0 Å². The van der Waals surface area contributed by atoms with Crippen LogP contribution in [0.1, 0.15) is 42.5 Å². The maximum Gasteiger partial charge on any atom is 0.257 e. The molecule has 0 radical (unpaired) electrons. The molecule has 0 bridgehead atoms. The summed E-state index contributed by atoms with van der Waals surface area (Å²) in [5.74, 6) is 3.82. The topological polar surface area (TPSA) is 52.7 Å². The molecule has 31 heavy (non-hydrogen) atoms. The molecule has 7 heteroatoms. The number of carbonyl (C=O) groups excluding carboxylic acids is 1. The van der Waals surface area contributed by atoms with Gasteiger partial charge in [0.25, 0.3) is 5.91 Å². The summed E-state index contributed by atoms with van der Waals surface area (Å²) >= 11 is 3.57. The highest BCUT2D eigenvalue weighted by Gasteiger charge is 2.44. The second kappa shape index (κ2) is 7.94. The average Bonchev–Trinajstić information content (AvgIpc) is 3.46. The standard InChI is InChI=1S/C24H28BrN3O2S/c1-31(30,28-12-3-13-28)20-5-2-4-19(17-20)26-23(29)21-7-6-18(25)16-22(21)27-14-10-24(8-9-24)11-15-27/h2,4-7,16-17H,1,3,8-15H2,(H,26,29). The summed E-state index contributed by atoms with van der Waals surface area (Å²) in [4.78, 5) is 16.2. The van der Waals surface area contributed by atoms with E-state index < -0.39 is 9.71 Å². The van der Waals surface area contributed by atoms with Gasteiger partial charge in [0.05, 0.1) is 21.0 Å². The molecule has 164 valence electrons. The lowest BCUT2D eigenvalue weighted by molar-refractivity contribution is 0.102. The third-order valence-corrected chi connectivity index (χ3v) is 9.70. The summed E-state index contributed by atoms with van der Waals surface area (Å²) in [5.41, 5.74) is 2.87. The first-order valence-electron chi connectivity index (χ1n) is 10.9. The van der Waals surface area contributed by atoms with Crippen molar-refractivity contribution in [1.29, 1.82) is 0 Å². The fourth-order valence-corrected chi connectivity index (χ4v) is 6.66. The first kappa shape index (κ1) is 21.0. The summed E-state index contributed by atoms with van der Waals surface area (Å²) < 4.78 is 16.0. The first-order chi connectivity index (χ1) is 14.9. The van der Waals surface area contributed by atoms with Crippen LogP contribution in [0.2, 0.25) is 0 Å². The van der Waals surface area contributed by atoms with E-state index in [0.29, 0.717) is 21.6 Å². The molecule has 1 amide bonds. The third-order valence-electron chi connectivity index (χ3n) is 7.02. The monoisotopic (exact) mass is 501 g/mol. The van der Waals surface area contributed by atoms with E-state index in [1.165, 1.54) is 25.7 Å². The number of hydrogen-bond donors (Lipinski definition) is 1. The summed E-state index contributed by atoms with van der Waals surface area (Å²) in [6, 6.07) is 13.1. The van der Waals surface area contributed by atoms with E-state index in [-0.39, 0.29) is 5.91 Å². The van der Waals surface area contributed by atoms with Crippen LogP contribution in [0.5, 0.6) is 0 Å². The van der Waals surface area contributed by atoms with Gasteiger partial charge in [-0.1, -0.05) is 22.0 Å². The van der Waals surface area contributed by atoms with Crippen LogP contribution >= 0.6 is 15.9 Å². The second-order valence-electron chi connectivity index (χ2n) is 9.05. The van der Waals surface area contributed by atoms with Crippen molar-refractivity contribution in [2.45, 2.75) is 37.0 Å². The molecule has 3 fully saturated rings. The zero-order valence-corrected chi connectivity index (χ0v) is 20.0. The molecular weight excluding hydrogens is 474 g/mol. The molecule has 5 rings (SSSR count). The largest absolute Gasteiger partial charge is 0.371 e. The predicted molar refractivity (Wildman–Crippen MR) is 131 cm³/mol. The third kappa shape index (κ3) is 4.15. The maximum atomic E-state index is 13.2. The van der Waals surface area contributed by atoms with Gasteiger partial charge in [0, 0.05) is 41.2 Å². The lowest BCUT2D eigenvalue weighted by Gasteiger charge is -2.35. The van der Waals surface area contributed by atoms with Crippen LogP contribution in [0.3, 0.4) is 0 Å². The molecule has 1 N–H and O–H groups in total. The van der Waals surface area contributed by atoms with Crippen molar-refractivity contribution >= 4 is 48.8 Å². The lowest BCUT2D eigenvalue weighted by atomic mass is 9.93. The fourth-order valence-electron chi connectivity index (χ4n) is 4.56. The minimum Gasteiger partial charge on any atom is -0.371 e. The molecule has 2 saturated heterocycles. The molecule has 2 aromatic rings. The zero-order chi connectivity index (χ0) is 21.6. The Morgan fingerprint density at radius 1 is 1.03 bits per heavy atom. The number of halogens is 1. The lowest BCUT2D eigenvalue weighted by Crippen LogP contribution is -2.41. The van der Waals surface area contributed by atoms with Crippen LogP contribution in [-0.2, 0) is 9.71 Å². The van der Waals surface area contributed by atoms with Crippen molar-refractivity contribution in [2.24, 2.45) is 5.41 Å². The number of nitrogens with one attached hydrogen (secondary N) is 1. The number of benzene rings is 2. The number of hydrogen-bond acceptors (Lipinski definition) is 3. The number of carbonyl (C=O) groups is 1. The van der Waals surface area contributed by atoms with Crippen LogP contribution in [0.15, 0.2) is 51.8 Å². The van der Waals surface area contributed by atoms with Gasteiger partial charge in [0.1, 0.15) is 0 Å². The molecule has 2 aliphatic heterocycles. The molecule has 1 atom stereocenters. The molecule has 3 aliphatic rings. The Bertz CT molecular complexity index is 1110. The Labute approximate surface area is 193 Å². The molecule has 2 aromatic carbocycles.